The molecule has 0 spiro atoms. The van der Waals surface area contributed by atoms with Crippen LogP contribution in [-0.4, -0.2) is 37.2 Å². The maximum Gasteiger partial charge on any atom is 0.306 e. The minimum Gasteiger partial charge on any atom is -0.462 e. The summed E-state index contributed by atoms with van der Waals surface area (Å²) in [5.41, 5.74) is 0. The standard InChI is InChI=1S/C59H96O6/c1-4-7-10-13-16-19-22-25-27-28-29-30-32-34-37-40-43-46-49-52-58(61)64-55-56(54-63-57(60)51-48-45-42-39-36-33-24-21-18-15-12-9-6-3)65-59(62)53-50-47-44-41-38-35-31-26-23-20-17-14-11-8-5-2/h7,10,16-17,19-20,23,25-27,29-30,33-34,36-37,42,45,56H,4-6,8-9,11-15,18,21-22,24,28,31-32,35,38-41,43-44,46-55H2,1-3H3/b10-7+,19-16+,20-17+,26-23+,27-25+,30-29+,36-33+,37-34+,45-42+. The Morgan fingerprint density at radius 1 is 0.338 bits per heavy atom. The van der Waals surface area contributed by atoms with Gasteiger partial charge in [-0.2, -0.15) is 0 Å². The van der Waals surface area contributed by atoms with Crippen LogP contribution in [0.2, 0.25) is 0 Å². The molecule has 1 atom stereocenters. The molecule has 0 aromatic heterocycles. The molecule has 6 heteroatoms. The summed E-state index contributed by atoms with van der Waals surface area (Å²) in [6.07, 6.45) is 70.8. The van der Waals surface area contributed by atoms with E-state index in [9.17, 15) is 14.4 Å². The summed E-state index contributed by atoms with van der Waals surface area (Å²) >= 11 is 0. The Morgan fingerprint density at radius 3 is 1.17 bits per heavy atom. The number of hydrogen-bond donors (Lipinski definition) is 0. The second kappa shape index (κ2) is 52.7. The van der Waals surface area contributed by atoms with Crippen molar-refractivity contribution in [2.45, 2.75) is 232 Å². The Labute approximate surface area is 400 Å². The van der Waals surface area contributed by atoms with Crippen molar-refractivity contribution in [3.05, 3.63) is 109 Å². The molecule has 0 aromatic rings. The minimum absolute atomic E-state index is 0.119. The van der Waals surface area contributed by atoms with Gasteiger partial charge in [-0.1, -0.05) is 207 Å². The monoisotopic (exact) mass is 901 g/mol. The van der Waals surface area contributed by atoms with Crippen LogP contribution in [0.15, 0.2) is 109 Å². The second-order valence-corrected chi connectivity index (χ2v) is 17.1. The van der Waals surface area contributed by atoms with Gasteiger partial charge in [-0.3, -0.25) is 14.4 Å². The predicted molar refractivity (Wildman–Crippen MR) is 279 cm³/mol. The van der Waals surface area contributed by atoms with Gasteiger partial charge in [0.05, 0.1) is 0 Å². The summed E-state index contributed by atoms with van der Waals surface area (Å²) in [6, 6.07) is 0. The summed E-state index contributed by atoms with van der Waals surface area (Å²) < 4.78 is 16.7. The van der Waals surface area contributed by atoms with E-state index in [1.54, 1.807) is 0 Å². The predicted octanol–water partition coefficient (Wildman–Crippen LogP) is 17.5. The number of hydrogen-bond acceptors (Lipinski definition) is 6. The highest BCUT2D eigenvalue weighted by molar-refractivity contribution is 5.71. The number of carbonyl (C=O) groups is 3. The second-order valence-electron chi connectivity index (χ2n) is 17.1. The molecule has 0 aliphatic rings. The maximum atomic E-state index is 12.8. The average Bonchev–Trinajstić information content (AvgIpc) is 3.30. The van der Waals surface area contributed by atoms with Crippen LogP contribution in [0.1, 0.15) is 226 Å². The molecular formula is C59H96O6. The van der Waals surface area contributed by atoms with Crippen LogP contribution in [0.3, 0.4) is 0 Å². The molecule has 0 rings (SSSR count). The fourth-order valence-corrected chi connectivity index (χ4v) is 6.80. The zero-order valence-electron chi connectivity index (χ0n) is 42.0. The molecule has 0 amide bonds. The van der Waals surface area contributed by atoms with Gasteiger partial charge in [-0.25, -0.2) is 0 Å². The lowest BCUT2D eigenvalue weighted by atomic mass is 10.1. The topological polar surface area (TPSA) is 78.9 Å². The first-order chi connectivity index (χ1) is 32.0. The van der Waals surface area contributed by atoms with Crippen molar-refractivity contribution in [3.63, 3.8) is 0 Å². The smallest absolute Gasteiger partial charge is 0.306 e. The van der Waals surface area contributed by atoms with Crippen LogP contribution in [0, 0.1) is 0 Å². The lowest BCUT2D eigenvalue weighted by Crippen LogP contribution is -2.30. The lowest BCUT2D eigenvalue weighted by molar-refractivity contribution is -0.166. The summed E-state index contributed by atoms with van der Waals surface area (Å²) in [5.74, 6) is -1.03. The Hall–Kier alpha value is -3.93. The quantitative estimate of drug-likeness (QED) is 0.0199. The molecule has 0 aromatic carbocycles. The van der Waals surface area contributed by atoms with Gasteiger partial charge in [-0.15, -0.1) is 0 Å². The molecule has 0 aliphatic heterocycles. The first kappa shape index (κ1) is 61.1. The average molecular weight is 901 g/mol. The van der Waals surface area contributed by atoms with Crippen molar-refractivity contribution in [2.75, 3.05) is 13.2 Å². The van der Waals surface area contributed by atoms with Crippen LogP contribution in [0.25, 0.3) is 0 Å². The molecule has 6 nitrogen and oxygen atoms in total. The molecule has 0 radical (unpaired) electrons. The van der Waals surface area contributed by atoms with E-state index in [1.165, 1.54) is 70.6 Å². The fraction of sp³-hybridized carbons (Fsp3) is 0.644. The van der Waals surface area contributed by atoms with Gasteiger partial charge in [0.15, 0.2) is 6.10 Å². The molecule has 0 saturated heterocycles. The molecular weight excluding hydrogens is 805 g/mol. The van der Waals surface area contributed by atoms with Crippen molar-refractivity contribution in [2.24, 2.45) is 0 Å². The molecule has 0 saturated carbocycles. The lowest BCUT2D eigenvalue weighted by Gasteiger charge is -2.18. The molecule has 0 heterocycles. The number of ether oxygens (including phenoxy) is 3. The van der Waals surface area contributed by atoms with E-state index in [1.807, 2.05) is 6.08 Å². The highest BCUT2D eigenvalue weighted by atomic mass is 16.6. The molecule has 0 fully saturated rings. The highest BCUT2D eigenvalue weighted by Crippen LogP contribution is 2.12. The van der Waals surface area contributed by atoms with Gasteiger partial charge >= 0.3 is 17.9 Å². The van der Waals surface area contributed by atoms with E-state index in [0.29, 0.717) is 19.3 Å². The van der Waals surface area contributed by atoms with Crippen molar-refractivity contribution >= 4 is 17.9 Å². The van der Waals surface area contributed by atoms with Crippen LogP contribution in [0.5, 0.6) is 0 Å². The minimum atomic E-state index is -0.822. The van der Waals surface area contributed by atoms with Gasteiger partial charge in [0.2, 0.25) is 0 Å². The van der Waals surface area contributed by atoms with Gasteiger partial charge in [0.25, 0.3) is 0 Å². The third-order valence-corrected chi connectivity index (χ3v) is 10.8. The first-order valence-corrected chi connectivity index (χ1v) is 26.4. The van der Waals surface area contributed by atoms with Gasteiger partial charge < -0.3 is 14.2 Å². The zero-order chi connectivity index (χ0) is 47.2. The highest BCUT2D eigenvalue weighted by Gasteiger charge is 2.19. The van der Waals surface area contributed by atoms with Crippen LogP contribution < -0.4 is 0 Å². The normalized spacial score (nSPS) is 13.0. The number of unbranched alkanes of at least 4 members (excludes halogenated alkanes) is 18. The Morgan fingerprint density at radius 2 is 0.677 bits per heavy atom. The van der Waals surface area contributed by atoms with Crippen molar-refractivity contribution < 1.29 is 28.6 Å². The van der Waals surface area contributed by atoms with Crippen molar-refractivity contribution in [1.82, 2.24) is 0 Å². The van der Waals surface area contributed by atoms with Gasteiger partial charge in [0.1, 0.15) is 13.2 Å². The Balaban J connectivity index is 4.53. The van der Waals surface area contributed by atoms with Crippen molar-refractivity contribution in [1.29, 1.82) is 0 Å². The van der Waals surface area contributed by atoms with Crippen molar-refractivity contribution in [3.8, 4) is 0 Å². The number of rotatable bonds is 46. The summed E-state index contributed by atoms with van der Waals surface area (Å²) in [4.78, 5) is 38.0. The number of carbonyl (C=O) groups excluding carboxylic acids is 3. The SMILES string of the molecule is CC/C=C/C/C=C/C/C=C/C/C=C/C/C=C/CCCCCC(=O)OCC(COC(=O)CC/C=C/C/C=C/CCCCCCCC)OC(=O)CCCCCCCC/C=C/C=C/CCCCC. The largest absolute Gasteiger partial charge is 0.462 e. The van der Waals surface area contributed by atoms with E-state index in [-0.39, 0.29) is 37.5 Å². The maximum absolute atomic E-state index is 12.8. The van der Waals surface area contributed by atoms with Crippen LogP contribution >= 0.6 is 0 Å². The van der Waals surface area contributed by atoms with Crippen LogP contribution in [-0.2, 0) is 28.6 Å². The molecule has 65 heavy (non-hydrogen) atoms. The van der Waals surface area contributed by atoms with Gasteiger partial charge in [0, 0.05) is 19.3 Å². The first-order valence-electron chi connectivity index (χ1n) is 26.4. The van der Waals surface area contributed by atoms with E-state index in [4.69, 9.17) is 14.2 Å². The zero-order valence-corrected chi connectivity index (χ0v) is 42.0. The molecule has 368 valence electrons. The van der Waals surface area contributed by atoms with Gasteiger partial charge in [-0.05, 0) is 109 Å². The number of esters is 3. The molecule has 0 bridgehead atoms. The summed E-state index contributed by atoms with van der Waals surface area (Å²) in [7, 11) is 0. The Bertz CT molecular complexity index is 1360. The third kappa shape index (κ3) is 50.9. The molecule has 1 unspecified atom stereocenters. The third-order valence-electron chi connectivity index (χ3n) is 10.8. The van der Waals surface area contributed by atoms with E-state index in [2.05, 4.69) is 124 Å². The van der Waals surface area contributed by atoms with E-state index >= 15 is 0 Å². The van der Waals surface area contributed by atoms with Crippen LogP contribution in [0.4, 0.5) is 0 Å². The summed E-state index contributed by atoms with van der Waals surface area (Å²) in [6.45, 7) is 6.38. The van der Waals surface area contributed by atoms with E-state index in [0.717, 1.165) is 109 Å². The number of allylic oxidation sites excluding steroid dienone is 18. The fourth-order valence-electron chi connectivity index (χ4n) is 6.80. The van der Waals surface area contributed by atoms with E-state index < -0.39 is 6.10 Å². The molecule has 0 N–H and O–H groups in total. The Kier molecular flexibility index (Phi) is 49.5. The molecule has 0 aliphatic carbocycles. The summed E-state index contributed by atoms with van der Waals surface area (Å²) in [5, 5.41) is 0.